The van der Waals surface area contributed by atoms with E-state index >= 15 is 0 Å². The van der Waals surface area contributed by atoms with E-state index in [1.54, 1.807) is 19.1 Å². The van der Waals surface area contributed by atoms with Crippen LogP contribution < -0.4 is 5.32 Å². The van der Waals surface area contributed by atoms with Crippen LogP contribution in [-0.2, 0) is 9.53 Å². The van der Waals surface area contributed by atoms with Crippen LogP contribution in [0, 0.1) is 11.7 Å². The van der Waals surface area contributed by atoms with Crippen molar-refractivity contribution in [1.29, 1.82) is 0 Å². The van der Waals surface area contributed by atoms with Crippen molar-refractivity contribution in [3.8, 4) is 11.3 Å². The molecule has 1 N–H and O–H groups in total. The number of carbonyl (C=O) groups is 1. The Balaban J connectivity index is 1.89. The molecule has 1 aromatic carbocycles. The highest BCUT2D eigenvalue weighted by molar-refractivity contribution is 7.15. The van der Waals surface area contributed by atoms with E-state index < -0.39 is 6.10 Å². The van der Waals surface area contributed by atoms with Crippen LogP contribution in [0.5, 0.6) is 0 Å². The van der Waals surface area contributed by atoms with Gasteiger partial charge in [0.1, 0.15) is 23.4 Å². The second kappa shape index (κ2) is 7.33. The number of benzene rings is 1. The van der Waals surface area contributed by atoms with E-state index in [0.717, 1.165) is 10.5 Å². The molecule has 132 valence electrons. The van der Waals surface area contributed by atoms with Gasteiger partial charge < -0.3 is 10.1 Å². The van der Waals surface area contributed by atoms with Crippen molar-refractivity contribution in [2.45, 2.75) is 26.9 Å². The predicted molar refractivity (Wildman–Crippen MR) is 97.3 cm³/mol. The van der Waals surface area contributed by atoms with Gasteiger partial charge in [-0.2, -0.15) is 0 Å². The summed E-state index contributed by atoms with van der Waals surface area (Å²) in [6.07, 6.45) is 1.27. The van der Waals surface area contributed by atoms with Crippen molar-refractivity contribution >= 4 is 28.0 Å². The van der Waals surface area contributed by atoms with Gasteiger partial charge in [-0.3, -0.25) is 9.20 Å². The molecule has 0 aliphatic carbocycles. The first-order valence-electron chi connectivity index (χ1n) is 8.09. The summed E-state index contributed by atoms with van der Waals surface area (Å²) in [5.41, 5.74) is 1.35. The summed E-state index contributed by atoms with van der Waals surface area (Å²) in [5.74, 6) is 0.361. The minimum absolute atomic E-state index is 0.239. The second-order valence-corrected chi connectivity index (χ2v) is 7.10. The number of thiazole rings is 1. The number of ether oxygens (including phenoxy) is 1. The van der Waals surface area contributed by atoms with Gasteiger partial charge in [-0.15, -0.1) is 11.3 Å². The molecule has 1 amide bonds. The predicted octanol–water partition coefficient (Wildman–Crippen LogP) is 4.20. The number of anilines is 1. The van der Waals surface area contributed by atoms with Gasteiger partial charge in [-0.1, -0.05) is 13.8 Å². The van der Waals surface area contributed by atoms with Crippen LogP contribution in [-0.4, -0.2) is 28.0 Å². The maximum Gasteiger partial charge on any atom is 0.254 e. The monoisotopic (exact) mass is 361 g/mol. The summed E-state index contributed by atoms with van der Waals surface area (Å²) >= 11 is 1.47. The number of rotatable bonds is 6. The molecule has 0 aliphatic rings. The zero-order chi connectivity index (χ0) is 18.0. The smallest absolute Gasteiger partial charge is 0.254 e. The first-order chi connectivity index (χ1) is 12.0. The van der Waals surface area contributed by atoms with Crippen molar-refractivity contribution in [2.24, 2.45) is 5.92 Å². The summed E-state index contributed by atoms with van der Waals surface area (Å²) in [7, 11) is 0. The zero-order valence-corrected chi connectivity index (χ0v) is 15.1. The fraction of sp³-hybridized carbons (Fsp3) is 0.333. The van der Waals surface area contributed by atoms with E-state index in [1.165, 1.54) is 23.5 Å². The maximum absolute atomic E-state index is 13.2. The first-order valence-corrected chi connectivity index (χ1v) is 8.97. The average molecular weight is 361 g/mol. The molecule has 25 heavy (non-hydrogen) atoms. The summed E-state index contributed by atoms with van der Waals surface area (Å²) in [6.45, 7) is 6.30. The Labute approximate surface area is 149 Å². The van der Waals surface area contributed by atoms with Crippen molar-refractivity contribution < 1.29 is 13.9 Å². The number of hydrogen-bond donors (Lipinski definition) is 1. The Kier molecular flexibility index (Phi) is 5.15. The number of nitrogens with one attached hydrogen (secondary N) is 1. The third kappa shape index (κ3) is 3.88. The van der Waals surface area contributed by atoms with Gasteiger partial charge in [-0.25, -0.2) is 9.37 Å². The Morgan fingerprint density at radius 1 is 1.32 bits per heavy atom. The number of aromatic nitrogens is 2. The number of imidazole rings is 1. The van der Waals surface area contributed by atoms with Gasteiger partial charge in [0.15, 0.2) is 4.96 Å². The normalized spacial score (nSPS) is 12.7. The van der Waals surface area contributed by atoms with Gasteiger partial charge in [0.05, 0.1) is 0 Å². The lowest BCUT2D eigenvalue weighted by atomic mass is 10.1. The Morgan fingerprint density at radius 2 is 2.04 bits per heavy atom. The first kappa shape index (κ1) is 17.6. The van der Waals surface area contributed by atoms with E-state index in [9.17, 15) is 9.18 Å². The standard InChI is InChI=1S/C18H20FN3O2S/c1-11(2)10-24-12(3)17(23)21-16-15(13-4-6-14(19)7-5-13)20-18-22(16)8-9-25-18/h4-9,11-12H,10H2,1-3H3,(H,21,23)/t12-/m1/s1. The molecule has 2 aromatic heterocycles. The molecular weight excluding hydrogens is 341 g/mol. The molecule has 0 radical (unpaired) electrons. The fourth-order valence-electron chi connectivity index (χ4n) is 2.35. The quantitative estimate of drug-likeness (QED) is 0.716. The van der Waals surface area contributed by atoms with Gasteiger partial charge >= 0.3 is 0 Å². The van der Waals surface area contributed by atoms with Crippen molar-refractivity contribution in [3.05, 3.63) is 41.7 Å². The lowest BCUT2D eigenvalue weighted by Crippen LogP contribution is -2.29. The molecule has 7 heteroatoms. The highest BCUT2D eigenvalue weighted by Gasteiger charge is 2.21. The molecule has 0 saturated heterocycles. The third-order valence-corrected chi connectivity index (χ3v) is 4.43. The van der Waals surface area contributed by atoms with Gasteiger partial charge in [0.25, 0.3) is 5.91 Å². The topological polar surface area (TPSA) is 55.6 Å². The van der Waals surface area contributed by atoms with E-state index in [-0.39, 0.29) is 11.7 Å². The summed E-state index contributed by atoms with van der Waals surface area (Å²) < 4.78 is 20.6. The molecule has 1 atom stereocenters. The lowest BCUT2D eigenvalue weighted by molar-refractivity contribution is -0.126. The van der Waals surface area contributed by atoms with Crippen LogP contribution in [0.25, 0.3) is 16.2 Å². The van der Waals surface area contributed by atoms with Crippen molar-refractivity contribution in [2.75, 3.05) is 11.9 Å². The number of halogens is 1. The minimum atomic E-state index is -0.576. The molecule has 5 nitrogen and oxygen atoms in total. The summed E-state index contributed by atoms with van der Waals surface area (Å²) in [4.78, 5) is 17.8. The zero-order valence-electron chi connectivity index (χ0n) is 14.3. The fourth-order valence-corrected chi connectivity index (χ4v) is 3.06. The highest BCUT2D eigenvalue weighted by Crippen LogP contribution is 2.31. The largest absolute Gasteiger partial charge is 0.368 e. The number of carbonyl (C=O) groups excluding carboxylic acids is 1. The summed E-state index contributed by atoms with van der Waals surface area (Å²) in [6, 6.07) is 6.05. The number of nitrogens with zero attached hydrogens (tertiary/aromatic N) is 2. The van der Waals surface area contributed by atoms with Crippen LogP contribution in [0.4, 0.5) is 10.2 Å². The Bertz CT molecular complexity index is 870. The number of amides is 1. The second-order valence-electron chi connectivity index (χ2n) is 6.23. The Morgan fingerprint density at radius 3 is 2.72 bits per heavy atom. The molecule has 3 aromatic rings. The summed E-state index contributed by atoms with van der Waals surface area (Å²) in [5, 5.41) is 4.80. The molecular formula is C18H20FN3O2S. The van der Waals surface area contributed by atoms with Crippen LogP contribution >= 0.6 is 11.3 Å². The minimum Gasteiger partial charge on any atom is -0.368 e. The lowest BCUT2D eigenvalue weighted by Gasteiger charge is -2.15. The van der Waals surface area contributed by atoms with Crippen LogP contribution in [0.3, 0.4) is 0 Å². The molecule has 0 aliphatic heterocycles. The van der Waals surface area contributed by atoms with Gasteiger partial charge in [0.2, 0.25) is 0 Å². The van der Waals surface area contributed by atoms with E-state index in [4.69, 9.17) is 4.74 Å². The van der Waals surface area contributed by atoms with E-state index in [1.807, 2.05) is 29.8 Å². The molecule has 0 saturated carbocycles. The van der Waals surface area contributed by atoms with Crippen LogP contribution in [0.15, 0.2) is 35.8 Å². The molecule has 3 rings (SSSR count). The Hall–Kier alpha value is -2.25. The number of fused-ring (bicyclic) bond motifs is 1. The average Bonchev–Trinajstić information content (AvgIpc) is 3.16. The highest BCUT2D eigenvalue weighted by atomic mass is 32.1. The molecule has 0 bridgehead atoms. The van der Waals surface area contributed by atoms with Gasteiger partial charge in [0, 0.05) is 23.7 Å². The van der Waals surface area contributed by atoms with Crippen LogP contribution in [0.1, 0.15) is 20.8 Å². The molecule has 0 fully saturated rings. The molecule has 0 unspecified atom stereocenters. The van der Waals surface area contributed by atoms with E-state index in [2.05, 4.69) is 10.3 Å². The van der Waals surface area contributed by atoms with Crippen LogP contribution in [0.2, 0.25) is 0 Å². The van der Waals surface area contributed by atoms with Gasteiger partial charge in [-0.05, 0) is 37.1 Å². The SMILES string of the molecule is CC(C)CO[C@H](C)C(=O)Nc1c(-c2ccc(F)cc2)nc2sccn12. The molecule has 2 heterocycles. The number of hydrogen-bond acceptors (Lipinski definition) is 4. The molecule has 0 spiro atoms. The van der Waals surface area contributed by atoms with Crippen molar-refractivity contribution in [1.82, 2.24) is 9.38 Å². The van der Waals surface area contributed by atoms with E-state index in [0.29, 0.717) is 24.0 Å². The van der Waals surface area contributed by atoms with Crippen molar-refractivity contribution in [3.63, 3.8) is 0 Å². The maximum atomic E-state index is 13.2. The third-order valence-electron chi connectivity index (χ3n) is 3.67.